The topological polar surface area (TPSA) is 29.3 Å². The average molecular weight is 140 g/mol. The minimum absolute atomic E-state index is 0.462. The normalized spacial score (nSPS) is 48.0. The van der Waals surface area contributed by atoms with Crippen LogP contribution in [0.1, 0.15) is 25.7 Å². The number of nitrogens with two attached hydrogens (primary N) is 1. The lowest BCUT2D eigenvalue weighted by Gasteiger charge is -2.35. The van der Waals surface area contributed by atoms with Crippen molar-refractivity contribution in [1.82, 2.24) is 4.90 Å². The lowest BCUT2D eigenvalue weighted by atomic mass is 9.99. The monoisotopic (exact) mass is 140 g/mol. The van der Waals surface area contributed by atoms with E-state index in [4.69, 9.17) is 5.73 Å². The van der Waals surface area contributed by atoms with Crippen molar-refractivity contribution < 1.29 is 0 Å². The lowest BCUT2D eigenvalue weighted by Crippen LogP contribution is -2.48. The van der Waals surface area contributed by atoms with E-state index in [1.807, 2.05) is 0 Å². The standard InChI is InChI=1S/C8H16N2/c1-10-6-2-4-7(9)8(10)5-3-6/h6-8H,2-5,9H2,1H3/t6?,7-,8?/m1/s1. The van der Waals surface area contributed by atoms with Gasteiger partial charge in [-0.15, -0.1) is 0 Å². The molecule has 2 unspecified atom stereocenters. The van der Waals surface area contributed by atoms with E-state index in [1.165, 1.54) is 25.7 Å². The van der Waals surface area contributed by atoms with E-state index < -0.39 is 0 Å². The van der Waals surface area contributed by atoms with Gasteiger partial charge in [0.15, 0.2) is 0 Å². The summed E-state index contributed by atoms with van der Waals surface area (Å²) < 4.78 is 0. The van der Waals surface area contributed by atoms with Crippen molar-refractivity contribution in [1.29, 1.82) is 0 Å². The Morgan fingerprint density at radius 1 is 1.20 bits per heavy atom. The molecule has 2 N–H and O–H groups in total. The summed E-state index contributed by atoms with van der Waals surface area (Å²) in [4.78, 5) is 2.48. The van der Waals surface area contributed by atoms with Gasteiger partial charge in [-0.25, -0.2) is 0 Å². The average Bonchev–Trinajstić information content (AvgIpc) is 2.13. The molecule has 0 aromatic heterocycles. The van der Waals surface area contributed by atoms with Crippen LogP contribution in [0, 0.1) is 0 Å². The third kappa shape index (κ3) is 0.789. The predicted molar refractivity (Wildman–Crippen MR) is 41.8 cm³/mol. The van der Waals surface area contributed by atoms with Crippen LogP contribution in [0.2, 0.25) is 0 Å². The maximum atomic E-state index is 5.96. The van der Waals surface area contributed by atoms with Crippen molar-refractivity contribution in [2.24, 2.45) is 5.73 Å². The Labute approximate surface area is 62.4 Å². The Balaban J connectivity index is 2.13. The lowest BCUT2D eigenvalue weighted by molar-refractivity contribution is 0.158. The summed E-state index contributed by atoms with van der Waals surface area (Å²) in [5.74, 6) is 0. The van der Waals surface area contributed by atoms with Gasteiger partial charge in [0.1, 0.15) is 0 Å². The summed E-state index contributed by atoms with van der Waals surface area (Å²) in [6.07, 6.45) is 5.30. The van der Waals surface area contributed by atoms with Crippen LogP contribution in [0.5, 0.6) is 0 Å². The number of hydrogen-bond donors (Lipinski definition) is 1. The number of hydrogen-bond acceptors (Lipinski definition) is 2. The van der Waals surface area contributed by atoms with Crippen LogP contribution >= 0.6 is 0 Å². The van der Waals surface area contributed by atoms with E-state index >= 15 is 0 Å². The van der Waals surface area contributed by atoms with Crippen LogP contribution in [0.3, 0.4) is 0 Å². The SMILES string of the molecule is CN1C2CCC1[C@H](N)CC2. The summed E-state index contributed by atoms with van der Waals surface area (Å²) in [5.41, 5.74) is 5.96. The smallest absolute Gasteiger partial charge is 0.0247 e. The number of likely N-dealkylation sites (N-methyl/N-ethyl adjacent to an activating group) is 1. The molecular weight excluding hydrogens is 124 g/mol. The second-order valence-electron chi connectivity index (χ2n) is 3.71. The van der Waals surface area contributed by atoms with Gasteiger partial charge < -0.3 is 5.73 Å². The van der Waals surface area contributed by atoms with Crippen molar-refractivity contribution in [2.75, 3.05) is 7.05 Å². The highest BCUT2D eigenvalue weighted by atomic mass is 15.2. The molecule has 2 rings (SSSR count). The summed E-state index contributed by atoms with van der Waals surface area (Å²) >= 11 is 0. The van der Waals surface area contributed by atoms with Crippen molar-refractivity contribution >= 4 is 0 Å². The van der Waals surface area contributed by atoms with Gasteiger partial charge >= 0.3 is 0 Å². The molecule has 3 atom stereocenters. The first-order valence-electron chi connectivity index (χ1n) is 4.26. The number of piperidine rings is 1. The first kappa shape index (κ1) is 6.62. The highest BCUT2D eigenvalue weighted by Crippen LogP contribution is 2.32. The zero-order valence-corrected chi connectivity index (χ0v) is 6.59. The van der Waals surface area contributed by atoms with E-state index in [2.05, 4.69) is 11.9 Å². The molecule has 2 aliphatic heterocycles. The van der Waals surface area contributed by atoms with Gasteiger partial charge in [0.2, 0.25) is 0 Å². The molecule has 2 nitrogen and oxygen atoms in total. The predicted octanol–water partition coefficient (Wildman–Crippen LogP) is 0.570. The summed E-state index contributed by atoms with van der Waals surface area (Å²) in [6.45, 7) is 0. The molecule has 0 spiro atoms. The number of fused-ring (bicyclic) bond motifs is 2. The Hall–Kier alpha value is -0.0800. The Bertz CT molecular complexity index is 135. The van der Waals surface area contributed by atoms with E-state index in [1.54, 1.807) is 0 Å². The Morgan fingerprint density at radius 2 is 1.90 bits per heavy atom. The number of rotatable bonds is 0. The largest absolute Gasteiger partial charge is 0.326 e. The highest BCUT2D eigenvalue weighted by molar-refractivity contribution is 4.96. The molecule has 2 fully saturated rings. The first-order valence-corrected chi connectivity index (χ1v) is 4.26. The molecule has 0 saturated carbocycles. The Kier molecular flexibility index (Phi) is 1.46. The summed E-state index contributed by atoms with van der Waals surface area (Å²) in [6, 6.07) is 2.03. The fourth-order valence-electron chi connectivity index (χ4n) is 2.48. The first-order chi connectivity index (χ1) is 4.79. The summed E-state index contributed by atoms with van der Waals surface area (Å²) in [5, 5.41) is 0. The van der Waals surface area contributed by atoms with E-state index in [9.17, 15) is 0 Å². The molecule has 2 bridgehead atoms. The van der Waals surface area contributed by atoms with Gasteiger partial charge in [0.25, 0.3) is 0 Å². The van der Waals surface area contributed by atoms with Crippen LogP contribution in [-0.4, -0.2) is 30.1 Å². The van der Waals surface area contributed by atoms with Crippen molar-refractivity contribution in [2.45, 2.75) is 43.8 Å². The van der Waals surface area contributed by atoms with Gasteiger partial charge in [-0.2, -0.15) is 0 Å². The van der Waals surface area contributed by atoms with Crippen LogP contribution < -0.4 is 5.73 Å². The third-order valence-corrected chi connectivity index (χ3v) is 3.22. The maximum absolute atomic E-state index is 5.96. The molecule has 0 radical (unpaired) electrons. The van der Waals surface area contributed by atoms with Crippen LogP contribution in [0.4, 0.5) is 0 Å². The highest BCUT2D eigenvalue weighted by Gasteiger charge is 2.37. The van der Waals surface area contributed by atoms with Crippen molar-refractivity contribution in [3.8, 4) is 0 Å². The van der Waals surface area contributed by atoms with Crippen molar-refractivity contribution in [3.63, 3.8) is 0 Å². The molecule has 2 heterocycles. The maximum Gasteiger partial charge on any atom is 0.0247 e. The molecule has 2 aliphatic rings. The molecule has 2 saturated heterocycles. The zero-order chi connectivity index (χ0) is 7.14. The summed E-state index contributed by atoms with van der Waals surface area (Å²) in [7, 11) is 2.22. The quantitative estimate of drug-likeness (QED) is 0.533. The van der Waals surface area contributed by atoms with Gasteiger partial charge in [0, 0.05) is 18.1 Å². The van der Waals surface area contributed by atoms with Gasteiger partial charge in [0.05, 0.1) is 0 Å². The molecule has 10 heavy (non-hydrogen) atoms. The number of nitrogens with zero attached hydrogens (tertiary/aromatic N) is 1. The fraction of sp³-hybridized carbons (Fsp3) is 1.00. The van der Waals surface area contributed by atoms with Crippen molar-refractivity contribution in [3.05, 3.63) is 0 Å². The zero-order valence-electron chi connectivity index (χ0n) is 6.59. The van der Waals surface area contributed by atoms with E-state index in [0.717, 1.165) is 6.04 Å². The van der Waals surface area contributed by atoms with Crippen LogP contribution in [-0.2, 0) is 0 Å². The van der Waals surface area contributed by atoms with E-state index in [0.29, 0.717) is 12.1 Å². The minimum Gasteiger partial charge on any atom is -0.326 e. The van der Waals surface area contributed by atoms with Crippen LogP contribution in [0.15, 0.2) is 0 Å². The second-order valence-corrected chi connectivity index (χ2v) is 3.71. The molecule has 0 aromatic rings. The van der Waals surface area contributed by atoms with Gasteiger partial charge in [-0.05, 0) is 32.7 Å². The molecule has 58 valence electrons. The van der Waals surface area contributed by atoms with E-state index in [-0.39, 0.29) is 0 Å². The molecule has 2 heteroatoms. The van der Waals surface area contributed by atoms with Crippen LogP contribution in [0.25, 0.3) is 0 Å². The second kappa shape index (κ2) is 2.21. The third-order valence-electron chi connectivity index (χ3n) is 3.22. The fourth-order valence-corrected chi connectivity index (χ4v) is 2.48. The Morgan fingerprint density at radius 3 is 2.60 bits per heavy atom. The molecule has 0 aliphatic carbocycles. The van der Waals surface area contributed by atoms with Gasteiger partial charge in [-0.1, -0.05) is 0 Å². The minimum atomic E-state index is 0.462. The van der Waals surface area contributed by atoms with Gasteiger partial charge in [-0.3, -0.25) is 4.90 Å². The molecule has 0 amide bonds. The molecular formula is C8H16N2. The molecule has 0 aromatic carbocycles.